The molecule has 2 aromatic rings. The van der Waals surface area contributed by atoms with E-state index in [4.69, 9.17) is 0 Å². The molecule has 3 atom stereocenters. The number of hydrogen-bond donors (Lipinski definition) is 0. The molecule has 31 heavy (non-hydrogen) atoms. The minimum atomic E-state index is -0.240. The summed E-state index contributed by atoms with van der Waals surface area (Å²) in [5.41, 5.74) is 0.444. The second kappa shape index (κ2) is 8.73. The molecule has 0 spiro atoms. The number of nitrogens with zero attached hydrogens (tertiary/aromatic N) is 4. The molecule has 0 N–H and O–H groups in total. The van der Waals surface area contributed by atoms with Crippen LogP contribution in [0.2, 0.25) is 0 Å². The van der Waals surface area contributed by atoms with Crippen LogP contribution in [-0.2, 0) is 11.3 Å². The quantitative estimate of drug-likeness (QED) is 0.729. The maximum absolute atomic E-state index is 13.2. The first kappa shape index (κ1) is 22.0. The fourth-order valence-electron chi connectivity index (χ4n) is 5.11. The molecule has 2 aliphatic rings. The molecule has 0 aliphatic carbocycles. The number of carbonyl (C=O) groups is 2. The van der Waals surface area contributed by atoms with Crippen LogP contribution in [0.1, 0.15) is 55.3 Å². The maximum atomic E-state index is 13.2. The summed E-state index contributed by atoms with van der Waals surface area (Å²) in [6.07, 6.45) is 4.73. The van der Waals surface area contributed by atoms with Crippen molar-refractivity contribution in [3.05, 3.63) is 27.1 Å². The van der Waals surface area contributed by atoms with E-state index in [1.807, 2.05) is 16.7 Å². The van der Waals surface area contributed by atoms with Crippen LogP contribution in [0, 0.1) is 24.7 Å². The summed E-state index contributed by atoms with van der Waals surface area (Å²) in [6.45, 7) is 11.3. The van der Waals surface area contributed by atoms with Gasteiger partial charge in [-0.05, 0) is 49.5 Å². The molecule has 2 aromatic heterocycles. The molecule has 0 bridgehead atoms. The number of hydrogen-bond acceptors (Lipinski definition) is 5. The van der Waals surface area contributed by atoms with Gasteiger partial charge in [0.2, 0.25) is 5.91 Å². The highest BCUT2D eigenvalue weighted by atomic mass is 32.1. The zero-order valence-corrected chi connectivity index (χ0v) is 19.7. The van der Waals surface area contributed by atoms with E-state index in [1.165, 1.54) is 22.2 Å². The Morgan fingerprint density at radius 3 is 2.45 bits per heavy atom. The fourth-order valence-corrected chi connectivity index (χ4v) is 6.21. The Balaban J connectivity index is 1.59. The van der Waals surface area contributed by atoms with Crippen molar-refractivity contribution in [1.29, 1.82) is 0 Å². The lowest BCUT2D eigenvalue weighted by molar-refractivity contribution is -0.134. The number of rotatable bonds is 3. The summed E-state index contributed by atoms with van der Waals surface area (Å²) in [5.74, 6) is 1.37. The van der Waals surface area contributed by atoms with Gasteiger partial charge in [-0.2, -0.15) is 0 Å². The van der Waals surface area contributed by atoms with Crippen molar-refractivity contribution in [2.75, 3.05) is 26.2 Å². The lowest BCUT2D eigenvalue weighted by Gasteiger charge is -2.35. The van der Waals surface area contributed by atoms with E-state index in [0.717, 1.165) is 45.4 Å². The number of amides is 2. The van der Waals surface area contributed by atoms with Gasteiger partial charge in [0, 0.05) is 26.2 Å². The summed E-state index contributed by atoms with van der Waals surface area (Å²) in [5, 5.41) is 0.467. The van der Waals surface area contributed by atoms with Crippen molar-refractivity contribution in [2.45, 2.75) is 53.5 Å². The highest BCUT2D eigenvalue weighted by molar-refractivity contribution is 7.20. The summed E-state index contributed by atoms with van der Waals surface area (Å²) in [4.78, 5) is 48.5. The number of thiophene rings is 1. The molecule has 2 aliphatic heterocycles. The molecule has 2 amide bonds. The third-order valence-corrected chi connectivity index (χ3v) is 7.77. The molecule has 4 rings (SSSR count). The molecule has 0 saturated carbocycles. The number of aromatic nitrogens is 2. The van der Waals surface area contributed by atoms with Crippen molar-refractivity contribution < 1.29 is 9.59 Å². The van der Waals surface area contributed by atoms with E-state index in [0.29, 0.717) is 38.4 Å². The van der Waals surface area contributed by atoms with Gasteiger partial charge in [0.05, 0.1) is 16.6 Å². The molecule has 168 valence electrons. The molecule has 2 saturated heterocycles. The number of piperidine rings is 2. The lowest BCUT2D eigenvalue weighted by Crippen LogP contribution is -2.44. The van der Waals surface area contributed by atoms with E-state index in [2.05, 4.69) is 25.8 Å². The third-order valence-electron chi connectivity index (χ3n) is 6.58. The van der Waals surface area contributed by atoms with Gasteiger partial charge in [0.25, 0.3) is 11.5 Å². The van der Waals surface area contributed by atoms with Crippen LogP contribution in [-0.4, -0.2) is 57.3 Å². The maximum Gasteiger partial charge on any atom is 0.264 e. The molecule has 8 heteroatoms. The number of aryl methyl sites for hydroxylation is 1. The van der Waals surface area contributed by atoms with Crippen LogP contribution in [0.15, 0.2) is 11.1 Å². The number of carbonyl (C=O) groups excluding carboxylic acids is 2. The Bertz CT molecular complexity index is 1050. The molecule has 3 unspecified atom stereocenters. The highest BCUT2D eigenvalue weighted by Crippen LogP contribution is 2.29. The molecule has 7 nitrogen and oxygen atoms in total. The Morgan fingerprint density at radius 2 is 1.77 bits per heavy atom. The Morgan fingerprint density at radius 1 is 1.10 bits per heavy atom. The zero-order valence-electron chi connectivity index (χ0n) is 18.9. The second-order valence-corrected chi connectivity index (χ2v) is 10.7. The van der Waals surface area contributed by atoms with Crippen molar-refractivity contribution in [3.63, 3.8) is 0 Å². The second-order valence-electron chi connectivity index (χ2n) is 9.66. The lowest BCUT2D eigenvalue weighted by atomic mass is 9.92. The molecular formula is C23H32N4O3S. The summed E-state index contributed by atoms with van der Waals surface area (Å²) in [7, 11) is 0. The minimum absolute atomic E-state index is 0.00892. The van der Waals surface area contributed by atoms with Crippen molar-refractivity contribution in [3.8, 4) is 0 Å². The summed E-state index contributed by atoms with van der Waals surface area (Å²) < 4.78 is 1.39. The fraction of sp³-hybridized carbons (Fsp3) is 0.652. The van der Waals surface area contributed by atoms with Gasteiger partial charge in [0.1, 0.15) is 11.4 Å². The first-order chi connectivity index (χ1) is 14.7. The van der Waals surface area contributed by atoms with Crippen molar-refractivity contribution in [2.24, 2.45) is 17.8 Å². The van der Waals surface area contributed by atoms with E-state index in [9.17, 15) is 14.4 Å². The number of likely N-dealkylation sites (tertiary alicyclic amines) is 2. The average Bonchev–Trinajstić information content (AvgIpc) is 3.06. The Kier molecular flexibility index (Phi) is 6.19. The van der Waals surface area contributed by atoms with Crippen LogP contribution in [0.5, 0.6) is 0 Å². The van der Waals surface area contributed by atoms with Gasteiger partial charge in [-0.1, -0.05) is 20.8 Å². The van der Waals surface area contributed by atoms with Crippen LogP contribution >= 0.6 is 11.3 Å². The predicted molar refractivity (Wildman–Crippen MR) is 122 cm³/mol. The SMILES string of the molecule is Cc1c(C(=O)N2CCCC(C)C2)sc2ncn(CC(=O)N3CC(C)CC(C)C3)c(=O)c12. The molecule has 0 aromatic carbocycles. The van der Waals surface area contributed by atoms with Gasteiger partial charge in [-0.3, -0.25) is 19.0 Å². The minimum Gasteiger partial charge on any atom is -0.341 e. The van der Waals surface area contributed by atoms with Crippen LogP contribution in [0.3, 0.4) is 0 Å². The van der Waals surface area contributed by atoms with Gasteiger partial charge in [-0.25, -0.2) is 4.98 Å². The third kappa shape index (κ3) is 4.40. The zero-order chi connectivity index (χ0) is 22.3. The van der Waals surface area contributed by atoms with Crippen molar-refractivity contribution in [1.82, 2.24) is 19.4 Å². The van der Waals surface area contributed by atoms with E-state index < -0.39 is 0 Å². The van der Waals surface area contributed by atoms with Crippen LogP contribution in [0.4, 0.5) is 0 Å². The summed E-state index contributed by atoms with van der Waals surface area (Å²) in [6, 6.07) is 0. The van der Waals surface area contributed by atoms with Crippen molar-refractivity contribution >= 4 is 33.4 Å². The van der Waals surface area contributed by atoms with Gasteiger partial charge in [-0.15, -0.1) is 11.3 Å². The van der Waals surface area contributed by atoms with Gasteiger partial charge in [0.15, 0.2) is 0 Å². The Hall–Kier alpha value is -2.22. The first-order valence-corrected chi connectivity index (χ1v) is 12.1. The van der Waals surface area contributed by atoms with Gasteiger partial charge < -0.3 is 9.80 Å². The van der Waals surface area contributed by atoms with E-state index in [-0.39, 0.29) is 23.9 Å². The largest absolute Gasteiger partial charge is 0.341 e. The Labute approximate surface area is 187 Å². The standard InChI is InChI=1S/C23H32N4O3S/c1-14-6-5-7-25(9-14)23(30)20-17(4)19-21(31-20)24-13-27(22(19)29)12-18(28)26-10-15(2)8-16(3)11-26/h13-16H,5-12H2,1-4H3. The molecule has 4 heterocycles. The monoisotopic (exact) mass is 444 g/mol. The number of fused-ring (bicyclic) bond motifs is 1. The molecule has 2 fully saturated rings. The van der Waals surface area contributed by atoms with E-state index >= 15 is 0 Å². The van der Waals surface area contributed by atoms with Crippen LogP contribution < -0.4 is 5.56 Å². The normalized spacial score (nSPS) is 24.6. The average molecular weight is 445 g/mol. The topological polar surface area (TPSA) is 75.5 Å². The summed E-state index contributed by atoms with van der Waals surface area (Å²) >= 11 is 1.29. The van der Waals surface area contributed by atoms with Crippen LogP contribution in [0.25, 0.3) is 10.2 Å². The highest BCUT2D eigenvalue weighted by Gasteiger charge is 2.28. The predicted octanol–water partition coefficient (Wildman–Crippen LogP) is 3.14. The first-order valence-electron chi connectivity index (χ1n) is 11.3. The van der Waals surface area contributed by atoms with E-state index in [1.54, 1.807) is 0 Å². The smallest absolute Gasteiger partial charge is 0.264 e. The molecule has 0 radical (unpaired) electrons. The van der Waals surface area contributed by atoms with Gasteiger partial charge >= 0.3 is 0 Å². The molecular weight excluding hydrogens is 412 g/mol.